The van der Waals surface area contributed by atoms with Crippen LogP contribution in [0, 0.1) is 0 Å². The maximum absolute atomic E-state index is 15.2. The summed E-state index contributed by atoms with van der Waals surface area (Å²) in [6.45, 7) is -3.57. The molecule has 6 aliphatic heterocycles. The predicted octanol–water partition coefficient (Wildman–Crippen LogP) is -14.4. The van der Waals surface area contributed by atoms with E-state index in [1.54, 1.807) is 73.7 Å². The second-order valence-corrected chi connectivity index (χ2v) is 25.6. The molecule has 25 atom stereocenters. The van der Waals surface area contributed by atoms with Gasteiger partial charge >= 0.3 is 17.8 Å². The van der Waals surface area contributed by atoms with Crippen molar-refractivity contribution in [1.29, 1.82) is 0 Å². The van der Waals surface area contributed by atoms with Crippen LogP contribution < -0.4 is 72.7 Å². The molecule has 0 aromatic heterocycles. The fourth-order valence-corrected chi connectivity index (χ4v) is 13.0. The van der Waals surface area contributed by atoms with E-state index < -0.39 is 234 Å². The molecule has 4 aromatic carbocycles. The number of nitrogens with one attached hydrogen (secondary N) is 8. The molecule has 562 valence electrons. The number of benzene rings is 4. The summed E-state index contributed by atoms with van der Waals surface area (Å²) in [6, 6.07) is 11.4. The normalized spacial score (nSPS) is 34.5. The Balaban J connectivity index is 0.911. The number of nitrogens with zero attached hydrogens (tertiary/aromatic N) is 2. The van der Waals surface area contributed by atoms with E-state index in [0.29, 0.717) is 11.3 Å². The molecule has 0 radical (unpaired) electrons. The Kier molecular flexibility index (Phi) is 25.2. The summed E-state index contributed by atoms with van der Waals surface area (Å²) >= 11 is 0. The third-order valence-corrected chi connectivity index (χ3v) is 18.8. The van der Waals surface area contributed by atoms with Gasteiger partial charge in [0.25, 0.3) is 0 Å². The molecule has 0 bridgehead atoms. The smallest absolute Gasteiger partial charge is 0.358 e. The third kappa shape index (κ3) is 17.2. The van der Waals surface area contributed by atoms with Gasteiger partial charge in [0.2, 0.25) is 36.1 Å². The Morgan fingerprint density at radius 1 is 0.621 bits per heavy atom. The van der Waals surface area contributed by atoms with Crippen molar-refractivity contribution in [3.05, 3.63) is 102 Å². The van der Waals surface area contributed by atoms with Crippen molar-refractivity contribution in [3.63, 3.8) is 0 Å². The number of nitrogens with two attached hydrogens (primary N) is 2. The van der Waals surface area contributed by atoms with E-state index in [1.165, 1.54) is 31.4 Å². The Morgan fingerprint density at radius 2 is 1.21 bits per heavy atom. The Labute approximate surface area is 586 Å². The highest BCUT2D eigenvalue weighted by Crippen LogP contribution is 2.34. The van der Waals surface area contributed by atoms with Crippen molar-refractivity contribution < 1.29 is 143 Å². The molecule has 10 rings (SSSR count). The van der Waals surface area contributed by atoms with Crippen LogP contribution in [0.15, 0.2) is 96.0 Å². The lowest BCUT2D eigenvalue weighted by atomic mass is 9.92. The topological polar surface area (TPSA) is 607 Å². The van der Waals surface area contributed by atoms with E-state index in [1.807, 2.05) is 0 Å². The van der Waals surface area contributed by atoms with Crippen molar-refractivity contribution in [2.45, 2.75) is 166 Å². The monoisotopic (exact) mass is 1450 g/mol. The van der Waals surface area contributed by atoms with Crippen LogP contribution >= 0.6 is 0 Å². The zero-order valence-electron chi connectivity index (χ0n) is 55.5. The number of guanidine groups is 2. The van der Waals surface area contributed by atoms with Crippen LogP contribution in [0.25, 0.3) is 10.8 Å². The number of amides is 4. The minimum atomic E-state index is -2.30. The van der Waals surface area contributed by atoms with Crippen molar-refractivity contribution in [2.24, 2.45) is 16.5 Å². The van der Waals surface area contributed by atoms with E-state index in [9.17, 15) is 86.2 Å². The fourth-order valence-electron chi connectivity index (χ4n) is 13.0. The largest absolute Gasteiger partial charge is 0.858 e. The molecule has 38 heteroatoms. The summed E-state index contributed by atoms with van der Waals surface area (Å²) in [7, 11) is 1.53. The van der Waals surface area contributed by atoms with Crippen molar-refractivity contribution >= 4 is 58.1 Å². The number of rotatable bonds is 20. The van der Waals surface area contributed by atoms with Crippen molar-refractivity contribution in [2.75, 3.05) is 53.2 Å². The summed E-state index contributed by atoms with van der Waals surface area (Å²) in [4.78, 5) is 69.3. The van der Waals surface area contributed by atoms with Gasteiger partial charge in [-0.1, -0.05) is 61.5 Å². The maximum Gasteiger partial charge on any atom is 0.358 e. The molecular weight excluding hydrogens is 1360 g/mol. The molecule has 38 nitrogen and oxygen atoms in total. The minimum absolute atomic E-state index is 0.0673. The molecule has 4 amide bonds. The van der Waals surface area contributed by atoms with Gasteiger partial charge in [0.05, 0.1) is 40.1 Å². The quantitative estimate of drug-likeness (QED) is 0.0365. The van der Waals surface area contributed by atoms with Gasteiger partial charge < -0.3 is 131 Å². The van der Waals surface area contributed by atoms with Gasteiger partial charge in [-0.3, -0.25) is 51.3 Å². The van der Waals surface area contributed by atoms with E-state index in [0.717, 1.165) is 15.3 Å². The van der Waals surface area contributed by atoms with Crippen LogP contribution in [0.5, 0.6) is 17.2 Å². The second kappa shape index (κ2) is 33.8. The molecule has 2 unspecified atom stereocenters. The summed E-state index contributed by atoms with van der Waals surface area (Å²) < 4.78 is 41.6. The number of aliphatic hydroxyl groups excluding tert-OH is 14. The number of ether oxygens (including phenoxy) is 7. The molecule has 6 heterocycles. The first kappa shape index (κ1) is 76.8. The van der Waals surface area contributed by atoms with Crippen LogP contribution in [0.2, 0.25) is 0 Å². The number of aliphatic hydroxyl groups is 14. The Bertz CT molecular complexity index is 3730. The first-order valence-corrected chi connectivity index (χ1v) is 33.0. The van der Waals surface area contributed by atoms with Crippen LogP contribution in [0.3, 0.4) is 0 Å². The zero-order valence-corrected chi connectivity index (χ0v) is 55.5. The lowest BCUT2D eigenvalue weighted by Crippen LogP contribution is -2.80. The number of methoxy groups -OCH3 is 1. The van der Waals surface area contributed by atoms with Gasteiger partial charge in [0.1, 0.15) is 139 Å². The first-order chi connectivity index (χ1) is 49.2. The van der Waals surface area contributed by atoms with Gasteiger partial charge in [-0.05, 0) is 58.3 Å². The van der Waals surface area contributed by atoms with Gasteiger partial charge in [-0.2, -0.15) is 0 Å². The number of hydrogen-bond donors (Lipinski definition) is 24. The Morgan fingerprint density at radius 3 is 1.86 bits per heavy atom. The minimum Gasteiger partial charge on any atom is -0.858 e. The molecule has 4 aromatic rings. The number of hydrogen-bond acceptors (Lipinski definition) is 30. The Hall–Kier alpha value is -8.78. The van der Waals surface area contributed by atoms with E-state index in [4.69, 9.17) is 44.6 Å². The summed E-state index contributed by atoms with van der Waals surface area (Å²) in [5, 5.41) is 186. The van der Waals surface area contributed by atoms with Crippen LogP contribution in [0.1, 0.15) is 24.0 Å². The zero-order chi connectivity index (χ0) is 74.2. The number of fused-ring (bicyclic) bond motifs is 1. The second-order valence-electron chi connectivity index (χ2n) is 25.6. The average molecular weight is 1450 g/mol. The van der Waals surface area contributed by atoms with Crippen LogP contribution in [0.4, 0.5) is 0 Å². The van der Waals surface area contributed by atoms with Crippen LogP contribution in [-0.4, -0.2) is 323 Å². The molecule has 3 fully saturated rings. The fraction of sp³-hybridized carbons (Fsp3) is 0.538. The van der Waals surface area contributed by atoms with Gasteiger partial charge in [-0.25, -0.2) is 9.57 Å². The molecule has 6 aliphatic rings. The van der Waals surface area contributed by atoms with Crippen LogP contribution in [-0.2, 0) is 44.5 Å². The SMILES string of the molecule is COc1ccc2cc(O[C@@H]3[C@H](O)[C@H](O)[C@H](O[C@@H]4[C@@H](O)[C@@H](O)[C@H](Oc5ccc(C[C@H]6NC(=O)C([C@H](C)c7ccccc7)N=C([O-])C[NH+]=C(O)C(CO)NC(=O)[C@@H]([C@H](O)[C@@H]7CNC(N)=[N+]7[C@@H]7O[C@@H](CO)[C@H](O)[C@H](O)[C@@H]7O)NC(=O)[C@H]([C@H](O)[C@@H]7C[NH+]=C(N)N7)NC6=O)cc5)O[C@@H]4CO)O[C@H]3CO)ccc2c1. The standard InChI is InChI=1S/C65H86N12O26/c1-26(28-6-4-3-5-7-28)42-58(94)71-34(16-27-8-12-31(13-9-27)99-62-52(90)50(88)55(40(25-81)101-62)103-63-53(91)49(87)54(39(24-80)102-63)98-33-15-11-29-17-32(97-2)14-10-30(29)18-33)57(93)75-43(45(83)35-19-69-64(66)73-35)60(96)76-44(59(95)72-36(22-78)56(92)68-21-41(82)74-42)46(84)37-20-70-65(67)77(37)61-51(89)48(86)47(85)38(23-79)100-61/h3-15,17-18,26,34-40,42-55,61-63,78-81,83-91H,16,19-25H2,1-2H3,(H11,66,67,68,69,70,71,72,73,74,75,76,82,92,93,94,95,96)/p+2/t26-,34-,35+,36?,37+,38+,39+,40-,42?,43+,44-,45-,46-,47+,48+,49-,50+,51+,52-,53+,54+,55+,61-,62-,63+/m1/s1. The number of carbonyl (C=O) groups excluding carboxylic acids is 4. The maximum atomic E-state index is 15.2. The van der Waals surface area contributed by atoms with E-state index >= 15 is 9.59 Å². The van der Waals surface area contributed by atoms with Crippen molar-refractivity contribution in [3.8, 4) is 17.2 Å². The number of carbonyl (C=O) groups is 4. The first-order valence-electron chi connectivity index (χ1n) is 33.0. The van der Waals surface area contributed by atoms with E-state index in [2.05, 4.69) is 46.9 Å². The summed E-state index contributed by atoms with van der Waals surface area (Å²) in [6.07, 6.45) is -31.0. The molecule has 0 aliphatic carbocycles. The molecule has 0 spiro atoms. The highest BCUT2D eigenvalue weighted by molar-refractivity contribution is 5.97. The number of aliphatic imine (C=N–C) groups is 1. The summed E-state index contributed by atoms with van der Waals surface area (Å²) in [5.74, 6) is -7.68. The lowest BCUT2D eigenvalue weighted by molar-refractivity contribution is -0.663. The predicted molar refractivity (Wildman–Crippen MR) is 349 cm³/mol. The average Bonchev–Trinajstić information content (AvgIpc) is 1.72. The van der Waals surface area contributed by atoms with Crippen molar-refractivity contribution in [1.82, 2.24) is 31.9 Å². The molecule has 3 saturated heterocycles. The molecule has 26 N–H and O–H groups in total. The van der Waals surface area contributed by atoms with Gasteiger partial charge in [0, 0.05) is 18.2 Å². The third-order valence-electron chi connectivity index (χ3n) is 18.8. The summed E-state index contributed by atoms with van der Waals surface area (Å²) in [5.41, 5.74) is 13.0. The molecule has 103 heavy (non-hydrogen) atoms. The molecular formula is C65H88N12O26+2. The van der Waals surface area contributed by atoms with E-state index in [-0.39, 0.29) is 35.5 Å². The van der Waals surface area contributed by atoms with Gasteiger partial charge in [-0.15, -0.1) is 0 Å². The lowest BCUT2D eigenvalue weighted by Gasteiger charge is -2.46. The van der Waals surface area contributed by atoms with Gasteiger partial charge in [0.15, 0.2) is 25.0 Å². The highest BCUT2D eigenvalue weighted by Gasteiger charge is 2.55. The highest BCUT2D eigenvalue weighted by atomic mass is 16.7. The molecule has 0 saturated carbocycles.